The zero-order chi connectivity index (χ0) is 13.2. The molecule has 1 aromatic heterocycles. The van der Waals surface area contributed by atoms with Crippen molar-refractivity contribution in [2.45, 2.75) is 0 Å². The summed E-state index contributed by atoms with van der Waals surface area (Å²) < 4.78 is 0. The lowest BCUT2D eigenvalue weighted by Crippen LogP contribution is -1.95. The van der Waals surface area contributed by atoms with Gasteiger partial charge in [0.1, 0.15) is 0 Å². The van der Waals surface area contributed by atoms with Crippen LogP contribution in [0.3, 0.4) is 0 Å². The van der Waals surface area contributed by atoms with Gasteiger partial charge in [-0.05, 0) is 24.3 Å². The molecule has 0 atom stereocenters. The third kappa shape index (κ3) is 2.01. The number of anilines is 2. The fraction of sp³-hybridized carbons (Fsp3) is 0. The van der Waals surface area contributed by atoms with Crippen molar-refractivity contribution in [1.82, 2.24) is 4.98 Å². The van der Waals surface area contributed by atoms with Crippen LogP contribution in [0.5, 0.6) is 0 Å². The lowest BCUT2D eigenvalue weighted by Gasteiger charge is -2.02. The fourth-order valence-corrected chi connectivity index (χ4v) is 2.07. The molecule has 1 heterocycles. The number of fused-ring (bicyclic) bond motifs is 1. The molecule has 0 saturated carbocycles. The zero-order valence-corrected chi connectivity index (χ0v) is 9.96. The topological polar surface area (TPSA) is 71.0 Å². The third-order valence-corrected chi connectivity index (χ3v) is 2.90. The van der Waals surface area contributed by atoms with Gasteiger partial charge in [-0.2, -0.15) is 0 Å². The number of rotatable bonds is 3. The maximum Gasteiger partial charge on any atom is 0.318 e. The highest BCUT2D eigenvalue weighted by Gasteiger charge is 2.21. The molecule has 0 aliphatic carbocycles. The smallest absolute Gasteiger partial charge is 0.318 e. The van der Waals surface area contributed by atoms with Crippen LogP contribution in [-0.2, 0) is 0 Å². The van der Waals surface area contributed by atoms with Crippen molar-refractivity contribution < 1.29 is 4.92 Å². The normalized spacial score (nSPS) is 10.5. The van der Waals surface area contributed by atoms with E-state index in [2.05, 4.69) is 10.3 Å². The molecule has 5 heteroatoms. The minimum absolute atomic E-state index is 0.0689. The molecule has 5 nitrogen and oxygen atoms in total. The Morgan fingerprint density at radius 2 is 1.68 bits per heavy atom. The van der Waals surface area contributed by atoms with Crippen LogP contribution < -0.4 is 5.32 Å². The molecular formula is C14H11N3O2. The Kier molecular flexibility index (Phi) is 2.64. The molecule has 3 aromatic rings. The highest BCUT2D eigenvalue weighted by molar-refractivity contribution is 5.96. The van der Waals surface area contributed by atoms with Crippen molar-refractivity contribution in [3.8, 4) is 0 Å². The second-order valence-corrected chi connectivity index (χ2v) is 4.14. The summed E-state index contributed by atoms with van der Waals surface area (Å²) in [5, 5.41) is 14.9. The van der Waals surface area contributed by atoms with E-state index in [0.29, 0.717) is 11.2 Å². The molecule has 0 aliphatic heterocycles. The summed E-state index contributed by atoms with van der Waals surface area (Å²) in [6.07, 6.45) is 0. The standard InChI is InChI=1S/C14H11N3O2/c18-17(19)13-11-8-4-5-9-12(11)16-14(13)15-10-6-2-1-3-7-10/h1-9,15-16H. The van der Waals surface area contributed by atoms with Gasteiger partial charge in [0.25, 0.3) is 0 Å². The van der Waals surface area contributed by atoms with Gasteiger partial charge in [-0.1, -0.05) is 30.3 Å². The SMILES string of the molecule is O=[N+]([O-])c1c(Nc2ccccc2)[nH]c2ccccc12. The van der Waals surface area contributed by atoms with E-state index >= 15 is 0 Å². The van der Waals surface area contributed by atoms with E-state index in [9.17, 15) is 10.1 Å². The van der Waals surface area contributed by atoms with Crippen LogP contribution in [0, 0.1) is 10.1 Å². The predicted molar refractivity (Wildman–Crippen MR) is 74.7 cm³/mol. The molecular weight excluding hydrogens is 242 g/mol. The first kappa shape index (κ1) is 11.3. The molecule has 0 aliphatic rings. The van der Waals surface area contributed by atoms with Crippen molar-refractivity contribution in [2.24, 2.45) is 0 Å². The number of nitrogens with one attached hydrogen (secondary N) is 2. The molecule has 0 bridgehead atoms. The summed E-state index contributed by atoms with van der Waals surface area (Å²) in [6, 6.07) is 16.5. The summed E-state index contributed by atoms with van der Waals surface area (Å²) in [6.45, 7) is 0. The van der Waals surface area contributed by atoms with Crippen LogP contribution in [0.4, 0.5) is 17.2 Å². The van der Waals surface area contributed by atoms with Crippen molar-refractivity contribution in [3.05, 3.63) is 64.7 Å². The summed E-state index contributed by atoms with van der Waals surface area (Å²) in [7, 11) is 0. The van der Waals surface area contributed by atoms with E-state index in [1.807, 2.05) is 42.5 Å². The van der Waals surface area contributed by atoms with Crippen LogP contribution in [0.2, 0.25) is 0 Å². The minimum atomic E-state index is -0.371. The predicted octanol–water partition coefficient (Wildman–Crippen LogP) is 3.82. The summed E-state index contributed by atoms with van der Waals surface area (Å²) in [5.41, 5.74) is 1.62. The Bertz CT molecular complexity index is 735. The summed E-state index contributed by atoms with van der Waals surface area (Å²) in [4.78, 5) is 13.9. The first-order valence-electron chi connectivity index (χ1n) is 5.83. The number of benzene rings is 2. The van der Waals surface area contributed by atoms with E-state index in [0.717, 1.165) is 11.2 Å². The molecule has 19 heavy (non-hydrogen) atoms. The van der Waals surface area contributed by atoms with E-state index in [-0.39, 0.29) is 10.6 Å². The van der Waals surface area contributed by atoms with Crippen molar-refractivity contribution in [3.63, 3.8) is 0 Å². The Morgan fingerprint density at radius 3 is 2.42 bits per heavy atom. The second kappa shape index (κ2) is 4.45. The van der Waals surface area contributed by atoms with E-state index in [1.165, 1.54) is 0 Å². The number of aromatic nitrogens is 1. The van der Waals surface area contributed by atoms with Gasteiger partial charge >= 0.3 is 5.69 Å². The van der Waals surface area contributed by atoms with Gasteiger partial charge in [-0.15, -0.1) is 0 Å². The van der Waals surface area contributed by atoms with E-state index < -0.39 is 0 Å². The monoisotopic (exact) mass is 253 g/mol. The lowest BCUT2D eigenvalue weighted by molar-refractivity contribution is -0.382. The Hall–Kier alpha value is -2.82. The number of nitro groups is 1. The fourth-order valence-electron chi connectivity index (χ4n) is 2.07. The largest absolute Gasteiger partial charge is 0.336 e. The van der Waals surface area contributed by atoms with Gasteiger partial charge in [0, 0.05) is 5.69 Å². The average molecular weight is 253 g/mol. The van der Waals surface area contributed by atoms with Crippen molar-refractivity contribution in [2.75, 3.05) is 5.32 Å². The first-order valence-corrected chi connectivity index (χ1v) is 5.83. The molecule has 0 spiro atoms. The van der Waals surface area contributed by atoms with Gasteiger partial charge in [0.15, 0.2) is 5.82 Å². The third-order valence-electron chi connectivity index (χ3n) is 2.90. The van der Waals surface area contributed by atoms with E-state index in [4.69, 9.17) is 0 Å². The molecule has 0 fully saturated rings. The van der Waals surface area contributed by atoms with Crippen LogP contribution in [-0.4, -0.2) is 9.91 Å². The summed E-state index contributed by atoms with van der Waals surface area (Å²) in [5.74, 6) is 0.400. The van der Waals surface area contributed by atoms with Gasteiger partial charge in [-0.3, -0.25) is 10.1 Å². The molecule has 94 valence electrons. The van der Waals surface area contributed by atoms with Crippen molar-refractivity contribution >= 4 is 28.1 Å². The summed E-state index contributed by atoms with van der Waals surface area (Å²) >= 11 is 0. The molecule has 3 rings (SSSR count). The molecule has 2 N–H and O–H groups in total. The molecule has 0 amide bonds. The molecule has 0 radical (unpaired) electrons. The number of H-pyrrole nitrogens is 1. The number of hydrogen-bond acceptors (Lipinski definition) is 3. The highest BCUT2D eigenvalue weighted by Crippen LogP contribution is 2.34. The Morgan fingerprint density at radius 1 is 1.00 bits per heavy atom. The quantitative estimate of drug-likeness (QED) is 0.550. The average Bonchev–Trinajstić information content (AvgIpc) is 2.77. The molecule has 2 aromatic carbocycles. The van der Waals surface area contributed by atoms with Crippen LogP contribution in [0.25, 0.3) is 10.9 Å². The maximum atomic E-state index is 11.2. The van der Waals surface area contributed by atoms with Crippen LogP contribution in [0.15, 0.2) is 54.6 Å². The second-order valence-electron chi connectivity index (χ2n) is 4.14. The Balaban J connectivity index is 2.13. The number of aromatic amines is 1. The van der Waals surface area contributed by atoms with Gasteiger partial charge < -0.3 is 10.3 Å². The zero-order valence-electron chi connectivity index (χ0n) is 9.96. The Labute approximate surface area is 109 Å². The number of para-hydroxylation sites is 2. The van der Waals surface area contributed by atoms with Crippen LogP contribution in [0.1, 0.15) is 0 Å². The van der Waals surface area contributed by atoms with Crippen LogP contribution >= 0.6 is 0 Å². The number of nitrogens with zero attached hydrogens (tertiary/aromatic N) is 1. The number of hydrogen-bond donors (Lipinski definition) is 2. The minimum Gasteiger partial charge on any atom is -0.336 e. The molecule has 0 saturated heterocycles. The van der Waals surface area contributed by atoms with Gasteiger partial charge in [-0.25, -0.2) is 0 Å². The first-order chi connectivity index (χ1) is 9.25. The molecule has 0 unspecified atom stereocenters. The van der Waals surface area contributed by atoms with E-state index in [1.54, 1.807) is 12.1 Å². The maximum absolute atomic E-state index is 11.2. The van der Waals surface area contributed by atoms with Crippen molar-refractivity contribution in [1.29, 1.82) is 0 Å². The highest BCUT2D eigenvalue weighted by atomic mass is 16.6. The lowest BCUT2D eigenvalue weighted by atomic mass is 10.2. The van der Waals surface area contributed by atoms with Gasteiger partial charge in [0.2, 0.25) is 0 Å². The van der Waals surface area contributed by atoms with Gasteiger partial charge in [0.05, 0.1) is 15.8 Å².